The molecule has 0 saturated heterocycles. The quantitative estimate of drug-likeness (QED) is 0.198. The second kappa shape index (κ2) is 10.9. The number of ketones is 1. The highest BCUT2D eigenvalue weighted by Crippen LogP contribution is 2.29. The molecule has 0 aliphatic rings. The molecular formula is C26H23N7O3. The molecule has 0 radical (unpaired) electrons. The first-order valence-corrected chi connectivity index (χ1v) is 10.8. The lowest BCUT2D eigenvalue weighted by Gasteiger charge is -2.05. The van der Waals surface area contributed by atoms with Gasteiger partial charge in [0.25, 0.3) is 11.8 Å². The van der Waals surface area contributed by atoms with Gasteiger partial charge in [-0.05, 0) is 43.5 Å². The second-order valence-electron chi connectivity index (χ2n) is 7.45. The van der Waals surface area contributed by atoms with Crippen LogP contribution in [-0.2, 0) is 4.79 Å². The number of nitrogen functional groups attached to an aromatic ring is 1. The van der Waals surface area contributed by atoms with Gasteiger partial charge in [0.15, 0.2) is 11.6 Å². The third-order valence-electron chi connectivity index (χ3n) is 5.06. The lowest BCUT2D eigenvalue weighted by Crippen LogP contribution is -2.23. The third kappa shape index (κ3) is 5.37. The van der Waals surface area contributed by atoms with Gasteiger partial charge in [0.2, 0.25) is 0 Å². The molecule has 4 rings (SSSR count). The highest BCUT2D eigenvalue weighted by atomic mass is 16.2. The molecule has 2 amide bonds. The molecule has 0 fully saturated rings. The SMILES string of the molecule is [2H]c1nc(NC(=O)c2ccc(-c3nc(C(=O)CCCNC(=O)C#CC)n4ccnc(N)c34)cc2)c([2H])c([2H])c1[2H]. The van der Waals surface area contributed by atoms with E-state index in [0.717, 1.165) is 0 Å². The topological polar surface area (TPSA) is 144 Å². The number of pyridine rings is 1. The number of amides is 2. The zero-order valence-electron chi connectivity index (χ0n) is 23.2. The first kappa shape index (κ1) is 19.3. The molecule has 0 aliphatic heterocycles. The average Bonchev–Trinajstić information content (AvgIpc) is 3.34. The van der Waals surface area contributed by atoms with Gasteiger partial charge in [-0.25, -0.2) is 15.0 Å². The van der Waals surface area contributed by atoms with E-state index in [0.29, 0.717) is 23.2 Å². The summed E-state index contributed by atoms with van der Waals surface area (Å²) >= 11 is 0. The van der Waals surface area contributed by atoms with Crippen molar-refractivity contribution < 1.29 is 19.9 Å². The Morgan fingerprint density at radius 3 is 2.75 bits per heavy atom. The second-order valence-corrected chi connectivity index (χ2v) is 7.45. The van der Waals surface area contributed by atoms with Gasteiger partial charge in [0, 0.05) is 42.7 Å². The summed E-state index contributed by atoms with van der Waals surface area (Å²) in [4.78, 5) is 49.6. The van der Waals surface area contributed by atoms with Crippen molar-refractivity contribution in [3.63, 3.8) is 0 Å². The Balaban J connectivity index is 1.56. The van der Waals surface area contributed by atoms with Crippen LogP contribution in [0.2, 0.25) is 0 Å². The number of carbonyl (C=O) groups is 3. The molecule has 4 aromatic rings. The van der Waals surface area contributed by atoms with Crippen LogP contribution in [0.25, 0.3) is 16.8 Å². The third-order valence-corrected chi connectivity index (χ3v) is 5.06. The number of hydrogen-bond donors (Lipinski definition) is 3. The number of Topliss-reactive ketones (excluding diaryl/α,β-unsaturated/α-hetero) is 1. The van der Waals surface area contributed by atoms with Crippen LogP contribution in [0.3, 0.4) is 0 Å². The van der Waals surface area contributed by atoms with Crippen molar-refractivity contribution in [3.05, 3.63) is 72.3 Å². The summed E-state index contributed by atoms with van der Waals surface area (Å²) in [5.41, 5.74) is 7.67. The predicted molar refractivity (Wildman–Crippen MR) is 135 cm³/mol. The first-order valence-electron chi connectivity index (χ1n) is 12.8. The molecule has 0 unspecified atom stereocenters. The largest absolute Gasteiger partial charge is 0.382 e. The van der Waals surface area contributed by atoms with E-state index >= 15 is 0 Å². The zero-order chi connectivity index (χ0) is 29.0. The zero-order valence-corrected chi connectivity index (χ0v) is 19.2. The number of anilines is 2. The predicted octanol–water partition coefficient (Wildman–Crippen LogP) is 2.73. The number of nitrogens with two attached hydrogens (primary N) is 1. The molecule has 36 heavy (non-hydrogen) atoms. The van der Waals surface area contributed by atoms with Crippen LogP contribution in [0.4, 0.5) is 11.6 Å². The van der Waals surface area contributed by atoms with Gasteiger partial charge in [-0.3, -0.25) is 18.8 Å². The van der Waals surface area contributed by atoms with Crippen molar-refractivity contribution in [1.82, 2.24) is 24.7 Å². The van der Waals surface area contributed by atoms with Crippen LogP contribution < -0.4 is 16.4 Å². The average molecular weight is 486 g/mol. The van der Waals surface area contributed by atoms with Crippen LogP contribution in [0.5, 0.6) is 0 Å². The fourth-order valence-corrected chi connectivity index (χ4v) is 3.43. The smallest absolute Gasteiger partial charge is 0.295 e. The van der Waals surface area contributed by atoms with E-state index in [9.17, 15) is 14.4 Å². The monoisotopic (exact) mass is 485 g/mol. The summed E-state index contributed by atoms with van der Waals surface area (Å²) in [6.07, 6.45) is 3.00. The van der Waals surface area contributed by atoms with Gasteiger partial charge in [0.05, 0.1) is 5.48 Å². The van der Waals surface area contributed by atoms with E-state index in [1.54, 1.807) is 29.7 Å². The summed E-state index contributed by atoms with van der Waals surface area (Å²) in [5.74, 6) is 3.57. The minimum absolute atomic E-state index is 0.118. The summed E-state index contributed by atoms with van der Waals surface area (Å²) in [5, 5.41) is 5.01. The van der Waals surface area contributed by atoms with Crippen LogP contribution in [-0.4, -0.2) is 43.5 Å². The lowest BCUT2D eigenvalue weighted by atomic mass is 10.1. The van der Waals surface area contributed by atoms with E-state index < -0.39 is 36.1 Å². The number of fused-ring (bicyclic) bond motifs is 1. The van der Waals surface area contributed by atoms with Gasteiger partial charge in [-0.1, -0.05) is 24.1 Å². The van der Waals surface area contributed by atoms with Crippen molar-refractivity contribution in [2.45, 2.75) is 19.8 Å². The molecule has 0 aliphatic carbocycles. The number of aromatic nitrogens is 4. The Morgan fingerprint density at radius 1 is 1.17 bits per heavy atom. The molecule has 3 heterocycles. The number of nitrogens with zero attached hydrogens (tertiary/aromatic N) is 4. The maximum absolute atomic E-state index is 13.0. The summed E-state index contributed by atoms with van der Waals surface area (Å²) < 4.78 is 32.4. The molecule has 0 bridgehead atoms. The maximum atomic E-state index is 13.0. The lowest BCUT2D eigenvalue weighted by molar-refractivity contribution is -0.115. The minimum Gasteiger partial charge on any atom is -0.382 e. The van der Waals surface area contributed by atoms with Gasteiger partial charge in [0.1, 0.15) is 22.8 Å². The molecule has 0 saturated carbocycles. The summed E-state index contributed by atoms with van der Waals surface area (Å²) in [7, 11) is 0. The number of carbonyl (C=O) groups excluding carboxylic acids is 3. The number of imidazole rings is 1. The normalized spacial score (nSPS) is 11.9. The number of rotatable bonds is 8. The molecule has 10 heteroatoms. The first-order chi connectivity index (χ1) is 19.1. The molecule has 4 N–H and O–H groups in total. The van der Waals surface area contributed by atoms with Crippen LogP contribution in [0.15, 0.2) is 61.0 Å². The molecule has 1 aromatic carbocycles. The highest BCUT2D eigenvalue weighted by molar-refractivity contribution is 6.04. The Kier molecular flexibility index (Phi) is 5.85. The standard InChI is InChI=1S/C26H23N7O3/c1-2-6-21(35)29-14-5-7-19(34)25-32-22(23-24(27)30-15-16-33(23)25)17-9-11-18(12-10-17)26(36)31-20-8-3-4-13-28-20/h3-4,8-13,15-16H,5,7,14H2,1H3,(H2,27,30)(H,29,35)(H,28,31,36)/i3D,4D,8D,13D. The number of hydrogen-bond acceptors (Lipinski definition) is 7. The maximum Gasteiger partial charge on any atom is 0.295 e. The molecule has 10 nitrogen and oxygen atoms in total. The fraction of sp³-hybridized carbons (Fsp3) is 0.154. The van der Waals surface area contributed by atoms with E-state index in [1.165, 1.54) is 18.3 Å². The van der Waals surface area contributed by atoms with E-state index in [2.05, 4.69) is 37.4 Å². The Bertz CT molecular complexity index is 1710. The van der Waals surface area contributed by atoms with E-state index in [1.807, 2.05) is 0 Å². The van der Waals surface area contributed by atoms with E-state index in [-0.39, 0.29) is 41.8 Å². The minimum atomic E-state index is -0.632. The van der Waals surface area contributed by atoms with Crippen molar-refractivity contribution in [2.75, 3.05) is 17.6 Å². The Labute approximate surface area is 212 Å². The number of benzene rings is 1. The fourth-order valence-electron chi connectivity index (χ4n) is 3.43. The molecule has 180 valence electrons. The molecule has 3 aromatic heterocycles. The van der Waals surface area contributed by atoms with Gasteiger partial charge in [-0.15, -0.1) is 0 Å². The van der Waals surface area contributed by atoms with Crippen molar-refractivity contribution in [3.8, 4) is 23.1 Å². The van der Waals surface area contributed by atoms with Crippen LogP contribution in [0, 0.1) is 11.8 Å². The Hall–Kier alpha value is -5.04. The molecule has 0 spiro atoms. The Morgan fingerprint density at radius 2 is 1.97 bits per heavy atom. The summed E-state index contributed by atoms with van der Waals surface area (Å²) in [6, 6.07) is 4.73. The highest BCUT2D eigenvalue weighted by Gasteiger charge is 2.20. The van der Waals surface area contributed by atoms with Crippen LogP contribution >= 0.6 is 0 Å². The molecule has 0 atom stereocenters. The van der Waals surface area contributed by atoms with Crippen LogP contribution in [0.1, 0.15) is 46.2 Å². The van der Waals surface area contributed by atoms with Gasteiger partial charge in [-0.2, -0.15) is 0 Å². The summed E-state index contributed by atoms with van der Waals surface area (Å²) in [6.45, 7) is 1.83. The van der Waals surface area contributed by atoms with Crippen molar-refractivity contribution in [1.29, 1.82) is 0 Å². The van der Waals surface area contributed by atoms with E-state index in [4.69, 9.17) is 11.2 Å². The van der Waals surface area contributed by atoms with Gasteiger partial charge >= 0.3 is 0 Å². The van der Waals surface area contributed by atoms with Gasteiger partial charge < -0.3 is 16.4 Å². The van der Waals surface area contributed by atoms with Crippen molar-refractivity contribution >= 4 is 34.8 Å². The van der Waals surface area contributed by atoms with Crippen molar-refractivity contribution in [2.24, 2.45) is 0 Å². The molecular weight excluding hydrogens is 458 g/mol. The number of nitrogens with one attached hydrogen (secondary N) is 2.